The Morgan fingerprint density at radius 2 is 2.00 bits per heavy atom. The highest BCUT2D eigenvalue weighted by atomic mass is 16.7. The highest BCUT2D eigenvalue weighted by Crippen LogP contribution is 2.33. The van der Waals surface area contributed by atoms with Crippen molar-refractivity contribution in [1.29, 1.82) is 0 Å². The summed E-state index contributed by atoms with van der Waals surface area (Å²) < 4.78 is 10.6. The van der Waals surface area contributed by atoms with E-state index in [2.05, 4.69) is 0 Å². The minimum Gasteiger partial charge on any atom is -0.454 e. The predicted molar refractivity (Wildman–Crippen MR) is 62.5 cm³/mol. The number of fused-ring (bicyclic) bond motifs is 1. The van der Waals surface area contributed by atoms with Gasteiger partial charge in [-0.25, -0.2) is 0 Å². The number of nitrogens with two attached hydrogens (primary N) is 1. The van der Waals surface area contributed by atoms with E-state index in [1.165, 1.54) is 0 Å². The molecule has 0 amide bonds. The monoisotopic (exact) mass is 222 g/mol. The molecule has 0 fully saturated rings. The fourth-order valence-corrected chi connectivity index (χ4v) is 1.62. The molecule has 1 aromatic rings. The fraction of sp³-hybridized carbons (Fsp3) is 0.500. The van der Waals surface area contributed by atoms with Crippen LogP contribution in [0.5, 0.6) is 11.5 Å². The molecule has 2 N–H and O–H groups in total. The number of ether oxygens (including phenoxy) is 2. The van der Waals surface area contributed by atoms with E-state index >= 15 is 0 Å². The summed E-state index contributed by atoms with van der Waals surface area (Å²) in [6, 6.07) is 5.96. The predicted octanol–water partition coefficient (Wildman–Crippen LogP) is 1.19. The number of rotatable bonds is 3. The Balaban J connectivity index is 2.17. The van der Waals surface area contributed by atoms with Crippen LogP contribution in [0.3, 0.4) is 0 Å². The third-order valence-corrected chi connectivity index (χ3v) is 3.02. The van der Waals surface area contributed by atoms with Crippen molar-refractivity contribution in [2.75, 3.05) is 20.9 Å². The second-order valence-electron chi connectivity index (χ2n) is 4.62. The van der Waals surface area contributed by atoms with Crippen LogP contribution in [0.2, 0.25) is 0 Å². The van der Waals surface area contributed by atoms with Gasteiger partial charge in [0.2, 0.25) is 6.79 Å². The Kier molecular flexibility index (Phi) is 2.78. The normalized spacial score (nSPS) is 17.6. The maximum Gasteiger partial charge on any atom is 0.231 e. The van der Waals surface area contributed by atoms with E-state index in [4.69, 9.17) is 15.2 Å². The molecular weight excluding hydrogens is 204 g/mol. The van der Waals surface area contributed by atoms with Gasteiger partial charge in [0.15, 0.2) is 11.5 Å². The zero-order valence-corrected chi connectivity index (χ0v) is 9.99. The second-order valence-corrected chi connectivity index (χ2v) is 4.62. The van der Waals surface area contributed by atoms with Gasteiger partial charge in [0.1, 0.15) is 0 Å². The third kappa shape index (κ3) is 2.13. The maximum absolute atomic E-state index is 6.19. The van der Waals surface area contributed by atoms with E-state index in [1.54, 1.807) is 0 Å². The molecule has 0 spiro atoms. The fourth-order valence-electron chi connectivity index (χ4n) is 1.62. The average molecular weight is 222 g/mol. The lowest BCUT2D eigenvalue weighted by Gasteiger charge is -2.32. The first-order valence-electron chi connectivity index (χ1n) is 5.34. The van der Waals surface area contributed by atoms with Crippen LogP contribution in [-0.2, 0) is 6.42 Å². The number of likely N-dealkylation sites (N-methyl/N-ethyl adjacent to an activating group) is 1. The van der Waals surface area contributed by atoms with Gasteiger partial charge in [-0.3, -0.25) is 4.90 Å². The second kappa shape index (κ2) is 3.96. The quantitative estimate of drug-likeness (QED) is 0.780. The number of benzene rings is 1. The van der Waals surface area contributed by atoms with Crippen LogP contribution in [0.25, 0.3) is 0 Å². The molecule has 88 valence electrons. The molecule has 4 nitrogen and oxygen atoms in total. The summed E-state index contributed by atoms with van der Waals surface area (Å²) in [5, 5.41) is 0. The van der Waals surface area contributed by atoms with Gasteiger partial charge in [-0.05, 0) is 38.7 Å². The first kappa shape index (κ1) is 11.2. The SMILES string of the molecule is CN(C)C(C)(N)Cc1ccc2c(c1)OCO2. The topological polar surface area (TPSA) is 47.7 Å². The molecule has 0 bridgehead atoms. The smallest absolute Gasteiger partial charge is 0.231 e. The molecule has 0 aliphatic carbocycles. The number of nitrogens with zero attached hydrogens (tertiary/aromatic N) is 1. The highest BCUT2D eigenvalue weighted by molar-refractivity contribution is 5.44. The van der Waals surface area contributed by atoms with Gasteiger partial charge in [-0.1, -0.05) is 6.07 Å². The lowest BCUT2D eigenvalue weighted by molar-refractivity contribution is 0.173. The van der Waals surface area contributed by atoms with Crippen molar-refractivity contribution in [2.24, 2.45) is 5.73 Å². The zero-order valence-electron chi connectivity index (χ0n) is 9.99. The molecule has 0 saturated carbocycles. The molecule has 0 saturated heterocycles. The summed E-state index contributed by atoms with van der Waals surface area (Å²) >= 11 is 0. The average Bonchev–Trinajstić information content (AvgIpc) is 2.63. The van der Waals surface area contributed by atoms with Gasteiger partial charge in [0.25, 0.3) is 0 Å². The lowest BCUT2D eigenvalue weighted by Crippen LogP contribution is -2.51. The van der Waals surface area contributed by atoms with Crippen LogP contribution in [0.4, 0.5) is 0 Å². The van der Waals surface area contributed by atoms with E-state index in [1.807, 2.05) is 44.1 Å². The van der Waals surface area contributed by atoms with Gasteiger partial charge in [-0.2, -0.15) is 0 Å². The summed E-state index contributed by atoms with van der Waals surface area (Å²) in [6.45, 7) is 2.32. The van der Waals surface area contributed by atoms with Crippen molar-refractivity contribution < 1.29 is 9.47 Å². The molecule has 1 unspecified atom stereocenters. The third-order valence-electron chi connectivity index (χ3n) is 3.02. The number of hydrogen-bond acceptors (Lipinski definition) is 4. The molecule has 1 aliphatic rings. The van der Waals surface area contributed by atoms with Crippen LogP contribution in [-0.4, -0.2) is 31.5 Å². The van der Waals surface area contributed by atoms with E-state index in [0.29, 0.717) is 6.79 Å². The molecule has 1 aliphatic heterocycles. The first-order valence-corrected chi connectivity index (χ1v) is 5.34. The summed E-state index contributed by atoms with van der Waals surface area (Å²) in [7, 11) is 3.96. The van der Waals surface area contributed by atoms with E-state index in [0.717, 1.165) is 23.5 Å². The molecule has 16 heavy (non-hydrogen) atoms. The summed E-state index contributed by atoms with van der Waals surface area (Å²) in [4.78, 5) is 2.01. The standard InChI is InChI=1S/C12H18N2O2/c1-12(13,14(2)3)7-9-4-5-10-11(6-9)16-8-15-10/h4-6H,7-8,13H2,1-3H3. The Morgan fingerprint density at radius 1 is 1.31 bits per heavy atom. The van der Waals surface area contributed by atoms with E-state index < -0.39 is 0 Å². The van der Waals surface area contributed by atoms with Gasteiger partial charge >= 0.3 is 0 Å². The highest BCUT2D eigenvalue weighted by Gasteiger charge is 2.23. The van der Waals surface area contributed by atoms with E-state index in [-0.39, 0.29) is 5.66 Å². The van der Waals surface area contributed by atoms with Crippen LogP contribution >= 0.6 is 0 Å². The largest absolute Gasteiger partial charge is 0.454 e. The van der Waals surface area contributed by atoms with Gasteiger partial charge in [0, 0.05) is 6.42 Å². The van der Waals surface area contributed by atoms with Gasteiger partial charge < -0.3 is 15.2 Å². The van der Waals surface area contributed by atoms with Crippen molar-refractivity contribution in [3.8, 4) is 11.5 Å². The summed E-state index contributed by atoms with van der Waals surface area (Å²) in [6.07, 6.45) is 0.774. The number of hydrogen-bond donors (Lipinski definition) is 1. The molecule has 1 heterocycles. The summed E-state index contributed by atoms with van der Waals surface area (Å²) in [5.74, 6) is 1.62. The Hall–Kier alpha value is -1.26. The van der Waals surface area contributed by atoms with Crippen molar-refractivity contribution in [1.82, 2.24) is 4.90 Å². The van der Waals surface area contributed by atoms with Crippen LogP contribution < -0.4 is 15.2 Å². The zero-order chi connectivity index (χ0) is 11.8. The maximum atomic E-state index is 6.19. The van der Waals surface area contributed by atoms with Crippen molar-refractivity contribution >= 4 is 0 Å². The van der Waals surface area contributed by atoms with Crippen molar-refractivity contribution in [3.63, 3.8) is 0 Å². The van der Waals surface area contributed by atoms with Crippen LogP contribution in [0.1, 0.15) is 12.5 Å². The van der Waals surface area contributed by atoms with Crippen molar-refractivity contribution in [3.05, 3.63) is 23.8 Å². The Bertz CT molecular complexity index is 389. The van der Waals surface area contributed by atoms with Gasteiger partial charge in [0.05, 0.1) is 5.66 Å². The molecule has 1 atom stereocenters. The summed E-state index contributed by atoms with van der Waals surface area (Å²) in [5.41, 5.74) is 6.99. The first-order chi connectivity index (χ1) is 7.49. The Labute approximate surface area is 95.9 Å². The minimum absolute atomic E-state index is 0.312. The molecule has 2 rings (SSSR count). The molecule has 0 radical (unpaired) electrons. The minimum atomic E-state index is -0.353. The molecular formula is C12H18N2O2. The van der Waals surface area contributed by atoms with Crippen LogP contribution in [0, 0.1) is 0 Å². The molecule has 1 aromatic carbocycles. The molecule has 0 aromatic heterocycles. The van der Waals surface area contributed by atoms with Crippen LogP contribution in [0.15, 0.2) is 18.2 Å². The molecule has 4 heteroatoms. The lowest BCUT2D eigenvalue weighted by atomic mass is 10.0. The Morgan fingerprint density at radius 3 is 2.69 bits per heavy atom. The van der Waals surface area contributed by atoms with Crippen molar-refractivity contribution in [2.45, 2.75) is 19.0 Å². The van der Waals surface area contributed by atoms with Gasteiger partial charge in [-0.15, -0.1) is 0 Å². The van der Waals surface area contributed by atoms with E-state index in [9.17, 15) is 0 Å².